The number of fused-ring (bicyclic) bond motifs is 1. The molecule has 216 valence electrons. The number of alkyl carbamates (subject to hydrolysis) is 1. The molecule has 0 aliphatic carbocycles. The van der Waals surface area contributed by atoms with Gasteiger partial charge in [-0.25, -0.2) is 19.7 Å². The Hall–Kier alpha value is -4.14. The lowest BCUT2D eigenvalue weighted by molar-refractivity contribution is 0.0529. The van der Waals surface area contributed by atoms with E-state index in [9.17, 15) is 4.79 Å². The maximum Gasteiger partial charge on any atom is 0.407 e. The van der Waals surface area contributed by atoms with Gasteiger partial charge >= 0.3 is 6.09 Å². The van der Waals surface area contributed by atoms with Gasteiger partial charge in [-0.3, -0.25) is 4.57 Å². The largest absolute Gasteiger partial charge is 0.444 e. The van der Waals surface area contributed by atoms with E-state index in [1.807, 2.05) is 92.1 Å². The Morgan fingerprint density at radius 3 is 2.36 bits per heavy atom. The molecule has 3 aromatic carbocycles. The fraction of sp³-hybridized carbons (Fsp3) is 0.250. The van der Waals surface area contributed by atoms with Gasteiger partial charge < -0.3 is 15.0 Å². The average Bonchev–Trinajstić information content (AvgIpc) is 3.35. The number of carbonyl (C=O) groups excluding carboxylic acids is 1. The van der Waals surface area contributed by atoms with Crippen molar-refractivity contribution in [2.24, 2.45) is 0 Å². The number of rotatable bonds is 9. The summed E-state index contributed by atoms with van der Waals surface area (Å²) in [6.45, 7) is 6.98. The Kier molecular flexibility index (Phi) is 8.94. The number of imidazole rings is 1. The number of hydrogen-bond acceptors (Lipinski definition) is 6. The number of carbonyl (C=O) groups is 1. The van der Waals surface area contributed by atoms with Crippen LogP contribution < -0.4 is 10.2 Å². The number of aromatic nitrogens is 4. The Labute approximate surface area is 255 Å². The number of ether oxygens (including phenoxy) is 1. The number of halogens is 2. The molecule has 2 heterocycles. The van der Waals surface area contributed by atoms with Crippen molar-refractivity contribution in [1.82, 2.24) is 24.8 Å². The number of hydrogen-bond donors (Lipinski definition) is 1. The Balaban J connectivity index is 1.57. The van der Waals surface area contributed by atoms with E-state index in [0.717, 1.165) is 17.7 Å². The lowest BCUT2D eigenvalue weighted by Gasteiger charge is -2.25. The zero-order chi connectivity index (χ0) is 29.7. The van der Waals surface area contributed by atoms with Crippen molar-refractivity contribution < 1.29 is 9.53 Å². The maximum absolute atomic E-state index is 12.4. The summed E-state index contributed by atoms with van der Waals surface area (Å²) in [6, 6.07) is 25.3. The van der Waals surface area contributed by atoms with E-state index in [4.69, 9.17) is 37.9 Å². The highest BCUT2D eigenvalue weighted by molar-refractivity contribution is 6.33. The number of benzene rings is 3. The summed E-state index contributed by atoms with van der Waals surface area (Å²) < 4.78 is 7.39. The predicted octanol–water partition coefficient (Wildman–Crippen LogP) is 7.36. The minimum atomic E-state index is -0.584. The van der Waals surface area contributed by atoms with E-state index in [0.29, 0.717) is 52.5 Å². The van der Waals surface area contributed by atoms with Crippen LogP contribution in [0.4, 0.5) is 10.6 Å². The molecule has 0 saturated carbocycles. The standard InChI is InChI=1S/C32H32Cl2N6O2/c1-32(2,3)42-31(41)35-18-20-39(19-17-22-9-5-4-6-10-22)29-27-30(37-21-36-29)40(24-15-13-23(33)14-16-24)28(38-27)25-11-7-8-12-26(25)34/h4-16,21H,17-20H2,1-3H3,(H,35,41). The molecule has 0 spiro atoms. The second kappa shape index (κ2) is 12.8. The van der Waals surface area contributed by atoms with E-state index in [2.05, 4.69) is 27.3 Å². The number of nitrogens with one attached hydrogen (secondary N) is 1. The fourth-order valence-corrected chi connectivity index (χ4v) is 4.96. The van der Waals surface area contributed by atoms with E-state index >= 15 is 0 Å². The molecule has 0 saturated heterocycles. The van der Waals surface area contributed by atoms with E-state index in [1.54, 1.807) is 6.33 Å². The molecular formula is C32H32Cl2N6O2. The zero-order valence-corrected chi connectivity index (χ0v) is 25.2. The minimum Gasteiger partial charge on any atom is -0.444 e. The second-order valence-electron chi connectivity index (χ2n) is 10.7. The van der Waals surface area contributed by atoms with Gasteiger partial charge in [0.2, 0.25) is 0 Å². The first-order valence-corrected chi connectivity index (χ1v) is 14.5. The molecule has 2 aromatic heterocycles. The molecule has 0 aliphatic heterocycles. The van der Waals surface area contributed by atoms with E-state index in [1.165, 1.54) is 5.56 Å². The molecule has 1 N–H and O–H groups in total. The molecule has 0 fully saturated rings. The van der Waals surface area contributed by atoms with Crippen molar-refractivity contribution in [3.05, 3.63) is 101 Å². The van der Waals surface area contributed by atoms with Gasteiger partial charge in [0.25, 0.3) is 0 Å². The maximum atomic E-state index is 12.4. The summed E-state index contributed by atoms with van der Waals surface area (Å²) in [5.74, 6) is 1.29. The molecule has 0 radical (unpaired) electrons. The van der Waals surface area contributed by atoms with Crippen LogP contribution in [0.2, 0.25) is 10.0 Å². The molecule has 10 heteroatoms. The summed E-state index contributed by atoms with van der Waals surface area (Å²) in [5, 5.41) is 4.06. The molecular weight excluding hydrogens is 571 g/mol. The molecule has 5 aromatic rings. The van der Waals surface area contributed by atoms with Gasteiger partial charge in [-0.15, -0.1) is 0 Å². The smallest absolute Gasteiger partial charge is 0.407 e. The van der Waals surface area contributed by atoms with Gasteiger partial charge in [0, 0.05) is 35.9 Å². The van der Waals surface area contributed by atoms with Crippen molar-refractivity contribution in [2.45, 2.75) is 32.8 Å². The van der Waals surface area contributed by atoms with Crippen molar-refractivity contribution in [3.8, 4) is 17.1 Å². The SMILES string of the molecule is CC(C)(C)OC(=O)NCCN(CCc1ccccc1)c1ncnc2c1nc(-c1ccccc1Cl)n2-c1ccc(Cl)cc1. The molecule has 42 heavy (non-hydrogen) atoms. The average molecular weight is 604 g/mol. The third-order valence-corrected chi connectivity index (χ3v) is 7.07. The van der Waals surface area contributed by atoms with Crippen LogP contribution in [-0.2, 0) is 11.2 Å². The van der Waals surface area contributed by atoms with Crippen molar-refractivity contribution >= 4 is 46.3 Å². The lowest BCUT2D eigenvalue weighted by atomic mass is 10.1. The monoisotopic (exact) mass is 602 g/mol. The van der Waals surface area contributed by atoms with E-state index in [-0.39, 0.29) is 0 Å². The van der Waals surface area contributed by atoms with Crippen LogP contribution in [0.15, 0.2) is 85.2 Å². The molecule has 0 atom stereocenters. The summed E-state index contributed by atoms with van der Waals surface area (Å²) in [4.78, 5) is 28.9. The second-order valence-corrected chi connectivity index (χ2v) is 11.6. The fourth-order valence-electron chi connectivity index (χ4n) is 4.61. The first kappa shape index (κ1) is 29.4. The van der Waals surface area contributed by atoms with Gasteiger partial charge in [0.15, 0.2) is 17.0 Å². The summed E-state index contributed by atoms with van der Waals surface area (Å²) in [5.41, 5.74) is 3.45. The van der Waals surface area contributed by atoms with Crippen LogP contribution in [0.25, 0.3) is 28.2 Å². The van der Waals surface area contributed by atoms with Gasteiger partial charge in [-0.2, -0.15) is 0 Å². The Bertz CT molecular complexity index is 1670. The lowest BCUT2D eigenvalue weighted by Crippen LogP contribution is -2.39. The third kappa shape index (κ3) is 7.01. The van der Waals surface area contributed by atoms with Crippen LogP contribution >= 0.6 is 23.2 Å². The summed E-state index contributed by atoms with van der Waals surface area (Å²) in [6.07, 6.45) is 1.85. The van der Waals surface area contributed by atoms with Gasteiger partial charge in [0.05, 0.1) is 5.02 Å². The molecule has 0 aliphatic rings. The summed E-state index contributed by atoms with van der Waals surface area (Å²) >= 11 is 12.9. The third-order valence-electron chi connectivity index (χ3n) is 6.49. The van der Waals surface area contributed by atoms with Crippen LogP contribution in [0, 0.1) is 0 Å². The van der Waals surface area contributed by atoms with Crippen LogP contribution in [0.3, 0.4) is 0 Å². The minimum absolute atomic E-state index is 0.352. The number of nitrogens with zero attached hydrogens (tertiary/aromatic N) is 5. The molecule has 0 bridgehead atoms. The normalized spacial score (nSPS) is 11.5. The topological polar surface area (TPSA) is 85.2 Å². The Morgan fingerprint density at radius 2 is 1.64 bits per heavy atom. The highest BCUT2D eigenvalue weighted by Gasteiger charge is 2.23. The molecule has 1 amide bonds. The summed E-state index contributed by atoms with van der Waals surface area (Å²) in [7, 11) is 0. The molecule has 5 rings (SSSR count). The van der Waals surface area contributed by atoms with Crippen LogP contribution in [0.1, 0.15) is 26.3 Å². The van der Waals surface area contributed by atoms with Crippen molar-refractivity contribution in [3.63, 3.8) is 0 Å². The highest BCUT2D eigenvalue weighted by atomic mass is 35.5. The first-order valence-electron chi connectivity index (χ1n) is 13.7. The molecule has 0 unspecified atom stereocenters. The van der Waals surface area contributed by atoms with Gasteiger partial charge in [-0.05, 0) is 69.2 Å². The highest BCUT2D eigenvalue weighted by Crippen LogP contribution is 2.34. The van der Waals surface area contributed by atoms with Crippen LogP contribution in [-0.4, -0.2) is 50.8 Å². The molecule has 8 nitrogen and oxygen atoms in total. The van der Waals surface area contributed by atoms with E-state index < -0.39 is 11.7 Å². The van der Waals surface area contributed by atoms with Crippen molar-refractivity contribution in [1.29, 1.82) is 0 Å². The predicted molar refractivity (Wildman–Crippen MR) is 169 cm³/mol. The Morgan fingerprint density at radius 1 is 0.929 bits per heavy atom. The van der Waals surface area contributed by atoms with Gasteiger partial charge in [0.1, 0.15) is 17.8 Å². The van der Waals surface area contributed by atoms with Gasteiger partial charge in [-0.1, -0.05) is 65.7 Å². The van der Waals surface area contributed by atoms with Crippen LogP contribution in [0.5, 0.6) is 0 Å². The number of anilines is 1. The van der Waals surface area contributed by atoms with Crippen molar-refractivity contribution in [2.75, 3.05) is 24.5 Å². The zero-order valence-electron chi connectivity index (χ0n) is 23.7. The first-order chi connectivity index (χ1) is 20.2. The number of amides is 1. The quantitative estimate of drug-likeness (QED) is 0.190.